The highest BCUT2D eigenvalue weighted by Gasteiger charge is 2.08. The number of nitrogens with zero attached hydrogens (tertiary/aromatic N) is 2. The minimum Gasteiger partial charge on any atom is -0.508 e. The average molecular weight is 286 g/mol. The fraction of sp³-hybridized carbons (Fsp3) is 0.294. The van der Waals surface area contributed by atoms with Gasteiger partial charge in [0.05, 0.1) is 18.2 Å². The SMILES string of the molecule is C=CC.CC.Cc1coc(-c2ccc(CC#N)c(O)c2)n1. The van der Waals surface area contributed by atoms with Gasteiger partial charge >= 0.3 is 0 Å². The lowest BCUT2D eigenvalue weighted by Crippen LogP contribution is -1.85. The monoisotopic (exact) mass is 286 g/mol. The Balaban J connectivity index is 0.000000713. The second-order valence-electron chi connectivity index (χ2n) is 3.88. The van der Waals surface area contributed by atoms with Crippen molar-refractivity contribution in [3.05, 3.63) is 48.4 Å². The van der Waals surface area contributed by atoms with Crippen LogP contribution in [0.15, 0.2) is 41.5 Å². The number of phenols is 1. The summed E-state index contributed by atoms with van der Waals surface area (Å²) in [6, 6.07) is 7.02. The molecule has 0 saturated carbocycles. The molecule has 0 unspecified atom stereocenters. The molecule has 4 heteroatoms. The van der Waals surface area contributed by atoms with Gasteiger partial charge in [-0.1, -0.05) is 26.0 Å². The first-order chi connectivity index (χ1) is 10.1. The number of nitriles is 1. The molecule has 0 aliphatic rings. The van der Waals surface area contributed by atoms with Gasteiger partial charge in [-0.05, 0) is 26.0 Å². The van der Waals surface area contributed by atoms with Gasteiger partial charge in [0.2, 0.25) is 5.89 Å². The number of hydrogen-bond acceptors (Lipinski definition) is 4. The zero-order valence-electron chi connectivity index (χ0n) is 13.1. The maximum absolute atomic E-state index is 9.67. The van der Waals surface area contributed by atoms with E-state index in [1.807, 2.05) is 33.8 Å². The minimum atomic E-state index is 0.0925. The minimum absolute atomic E-state index is 0.0925. The largest absolute Gasteiger partial charge is 0.508 e. The highest BCUT2D eigenvalue weighted by atomic mass is 16.3. The van der Waals surface area contributed by atoms with Crippen molar-refractivity contribution >= 4 is 0 Å². The highest BCUT2D eigenvalue weighted by Crippen LogP contribution is 2.26. The van der Waals surface area contributed by atoms with Crippen LogP contribution in [0.2, 0.25) is 0 Å². The van der Waals surface area contributed by atoms with E-state index in [0.717, 1.165) is 5.69 Å². The van der Waals surface area contributed by atoms with Gasteiger partial charge in [0.1, 0.15) is 12.0 Å². The summed E-state index contributed by atoms with van der Waals surface area (Å²) in [4.78, 5) is 4.15. The maximum atomic E-state index is 9.67. The third kappa shape index (κ3) is 5.96. The molecule has 0 aliphatic heterocycles. The fourth-order valence-electron chi connectivity index (χ4n) is 1.42. The van der Waals surface area contributed by atoms with Crippen molar-refractivity contribution in [2.45, 2.75) is 34.1 Å². The van der Waals surface area contributed by atoms with Crippen LogP contribution >= 0.6 is 0 Å². The first-order valence-electron chi connectivity index (χ1n) is 6.80. The molecule has 0 atom stereocenters. The van der Waals surface area contributed by atoms with Gasteiger partial charge in [0.25, 0.3) is 0 Å². The van der Waals surface area contributed by atoms with E-state index < -0.39 is 0 Å². The van der Waals surface area contributed by atoms with Gasteiger partial charge in [-0.15, -0.1) is 6.58 Å². The lowest BCUT2D eigenvalue weighted by Gasteiger charge is -2.01. The molecule has 1 aromatic heterocycles. The molecule has 2 rings (SSSR count). The van der Waals surface area contributed by atoms with E-state index in [-0.39, 0.29) is 12.2 Å². The zero-order valence-corrected chi connectivity index (χ0v) is 13.1. The number of benzene rings is 1. The van der Waals surface area contributed by atoms with Gasteiger partial charge in [-0.3, -0.25) is 0 Å². The van der Waals surface area contributed by atoms with E-state index >= 15 is 0 Å². The molecule has 1 heterocycles. The predicted octanol–water partition coefficient (Wildman–Crippen LogP) is 4.64. The molecular formula is C17H22N2O2. The predicted molar refractivity (Wildman–Crippen MR) is 84.9 cm³/mol. The number of allylic oxidation sites excluding steroid dienone is 1. The van der Waals surface area contributed by atoms with E-state index in [1.54, 1.807) is 30.5 Å². The quantitative estimate of drug-likeness (QED) is 0.816. The molecule has 0 radical (unpaired) electrons. The summed E-state index contributed by atoms with van der Waals surface area (Å²) in [5, 5.41) is 18.2. The summed E-state index contributed by atoms with van der Waals surface area (Å²) >= 11 is 0. The Morgan fingerprint density at radius 2 is 2.05 bits per heavy atom. The third-order valence-electron chi connectivity index (χ3n) is 2.22. The first-order valence-corrected chi connectivity index (χ1v) is 6.80. The topological polar surface area (TPSA) is 70.0 Å². The summed E-state index contributed by atoms with van der Waals surface area (Å²) < 4.78 is 5.22. The Labute approximate surface area is 126 Å². The fourth-order valence-corrected chi connectivity index (χ4v) is 1.42. The molecule has 0 saturated heterocycles. The molecular weight excluding hydrogens is 264 g/mol. The lowest BCUT2D eigenvalue weighted by molar-refractivity contribution is 0.469. The number of oxazole rings is 1. The maximum Gasteiger partial charge on any atom is 0.226 e. The number of rotatable bonds is 2. The van der Waals surface area contributed by atoms with Gasteiger partial charge in [-0.2, -0.15) is 5.26 Å². The van der Waals surface area contributed by atoms with Gasteiger partial charge in [-0.25, -0.2) is 4.98 Å². The Bertz CT molecular complexity index is 595. The molecule has 1 aromatic carbocycles. The molecule has 1 N–H and O–H groups in total. The van der Waals surface area contributed by atoms with E-state index in [1.165, 1.54) is 0 Å². The van der Waals surface area contributed by atoms with Crippen LogP contribution in [0.1, 0.15) is 32.0 Å². The Morgan fingerprint density at radius 3 is 2.48 bits per heavy atom. The lowest BCUT2D eigenvalue weighted by atomic mass is 10.1. The zero-order chi connectivity index (χ0) is 16.3. The van der Waals surface area contributed by atoms with Crippen LogP contribution in [0, 0.1) is 18.3 Å². The van der Waals surface area contributed by atoms with Crippen molar-refractivity contribution in [1.29, 1.82) is 5.26 Å². The van der Waals surface area contributed by atoms with Crippen LogP contribution in [0.5, 0.6) is 5.75 Å². The van der Waals surface area contributed by atoms with Gasteiger partial charge in [0.15, 0.2) is 0 Å². The second kappa shape index (κ2) is 10.3. The van der Waals surface area contributed by atoms with Crippen molar-refractivity contribution in [2.75, 3.05) is 0 Å². The molecule has 21 heavy (non-hydrogen) atoms. The Hall–Kier alpha value is -2.54. The summed E-state index contributed by atoms with van der Waals surface area (Å²) in [5.74, 6) is 0.561. The molecule has 2 aromatic rings. The summed E-state index contributed by atoms with van der Waals surface area (Å²) in [6.07, 6.45) is 3.49. The van der Waals surface area contributed by atoms with Crippen molar-refractivity contribution in [2.24, 2.45) is 0 Å². The molecule has 0 amide bonds. The summed E-state index contributed by atoms with van der Waals surface area (Å²) in [6.45, 7) is 11.1. The smallest absolute Gasteiger partial charge is 0.226 e. The van der Waals surface area contributed by atoms with E-state index in [9.17, 15) is 5.11 Å². The highest BCUT2D eigenvalue weighted by molar-refractivity contribution is 5.58. The van der Waals surface area contributed by atoms with E-state index in [0.29, 0.717) is 17.0 Å². The van der Waals surface area contributed by atoms with Crippen molar-refractivity contribution in [1.82, 2.24) is 4.98 Å². The van der Waals surface area contributed by atoms with Crippen molar-refractivity contribution < 1.29 is 9.52 Å². The molecule has 0 aliphatic carbocycles. The number of aromatic nitrogens is 1. The number of aromatic hydroxyl groups is 1. The first kappa shape index (κ1) is 18.5. The van der Waals surface area contributed by atoms with E-state index in [2.05, 4.69) is 11.6 Å². The number of phenolic OH excluding ortho intramolecular Hbond substituents is 1. The normalized spacial score (nSPS) is 8.52. The van der Waals surface area contributed by atoms with Crippen LogP contribution in [-0.2, 0) is 6.42 Å². The molecule has 0 bridgehead atoms. The summed E-state index contributed by atoms with van der Waals surface area (Å²) in [7, 11) is 0. The molecule has 112 valence electrons. The van der Waals surface area contributed by atoms with Crippen molar-refractivity contribution in [3.63, 3.8) is 0 Å². The van der Waals surface area contributed by atoms with Crippen LogP contribution < -0.4 is 0 Å². The van der Waals surface area contributed by atoms with E-state index in [4.69, 9.17) is 9.68 Å². The third-order valence-corrected chi connectivity index (χ3v) is 2.22. The number of hydrogen-bond donors (Lipinski definition) is 1. The summed E-state index contributed by atoms with van der Waals surface area (Å²) in [5.41, 5.74) is 2.09. The Morgan fingerprint density at radius 1 is 1.43 bits per heavy atom. The number of aryl methyl sites for hydroxylation is 1. The standard InChI is InChI=1S/C12H10N2O2.C3H6.C2H6/c1-8-7-16-12(14-8)10-3-2-9(4-5-13)11(15)6-10;1-3-2;1-2/h2-3,6-7,15H,4H2,1H3;3H,1H2,2H3;1-2H3. The van der Waals surface area contributed by atoms with Crippen LogP contribution in [-0.4, -0.2) is 10.1 Å². The van der Waals surface area contributed by atoms with Crippen LogP contribution in [0.4, 0.5) is 0 Å². The van der Waals surface area contributed by atoms with Crippen LogP contribution in [0.25, 0.3) is 11.5 Å². The second-order valence-corrected chi connectivity index (χ2v) is 3.88. The molecule has 4 nitrogen and oxygen atoms in total. The van der Waals surface area contributed by atoms with Crippen molar-refractivity contribution in [3.8, 4) is 23.3 Å². The van der Waals surface area contributed by atoms with Gasteiger partial charge in [0, 0.05) is 11.1 Å². The average Bonchev–Trinajstić information content (AvgIpc) is 2.91. The molecule has 0 fully saturated rings. The van der Waals surface area contributed by atoms with Crippen LogP contribution in [0.3, 0.4) is 0 Å². The van der Waals surface area contributed by atoms with Gasteiger partial charge < -0.3 is 9.52 Å². The Kier molecular flexibility index (Phi) is 9.03. The molecule has 0 spiro atoms.